The second-order valence-electron chi connectivity index (χ2n) is 4.50. The van der Waals surface area contributed by atoms with Crippen LogP contribution < -0.4 is 15.4 Å². The molecule has 0 unspecified atom stereocenters. The van der Waals surface area contributed by atoms with Crippen molar-refractivity contribution in [3.05, 3.63) is 22.8 Å². The molecule has 1 aromatic heterocycles. The molecule has 4 nitrogen and oxygen atoms in total. The van der Waals surface area contributed by atoms with Gasteiger partial charge in [-0.2, -0.15) is 0 Å². The molecule has 1 fully saturated rings. The molecule has 0 saturated carbocycles. The molecule has 1 saturated heterocycles. The number of rotatable bonds is 0. The number of hydrogen-bond donors (Lipinski definition) is 2. The van der Waals surface area contributed by atoms with E-state index in [4.69, 9.17) is 16.3 Å². The summed E-state index contributed by atoms with van der Waals surface area (Å²) in [7, 11) is 0. The maximum absolute atomic E-state index is 6.01. The molecule has 1 spiro atoms. The second-order valence-corrected chi connectivity index (χ2v) is 4.94. The number of fused-ring (bicyclic) bond motifs is 2. The maximum atomic E-state index is 6.01. The van der Waals surface area contributed by atoms with Gasteiger partial charge < -0.3 is 10.1 Å². The van der Waals surface area contributed by atoms with Crippen LogP contribution in [0.3, 0.4) is 0 Å². The Balaban J connectivity index is 2.12. The summed E-state index contributed by atoms with van der Waals surface area (Å²) in [5.74, 6) is 0.708. The summed E-state index contributed by atoms with van der Waals surface area (Å²) in [4.78, 5) is 4.27. The zero-order chi connectivity index (χ0) is 11.2. The van der Waals surface area contributed by atoms with Crippen molar-refractivity contribution in [3.63, 3.8) is 0 Å². The molecule has 0 radical (unpaired) electrons. The Hall–Kier alpha value is -0.840. The van der Waals surface area contributed by atoms with Crippen LogP contribution in [0.4, 0.5) is 0 Å². The zero-order valence-electron chi connectivity index (χ0n) is 9.09. The Labute approximate surface area is 99.3 Å². The number of pyridine rings is 1. The minimum Gasteiger partial charge on any atom is -0.474 e. The van der Waals surface area contributed by atoms with E-state index in [1.54, 1.807) is 6.20 Å². The van der Waals surface area contributed by atoms with E-state index in [-0.39, 0.29) is 11.6 Å². The topological polar surface area (TPSA) is 46.2 Å². The van der Waals surface area contributed by atoms with Gasteiger partial charge in [0.2, 0.25) is 5.88 Å². The van der Waals surface area contributed by atoms with E-state index in [1.807, 2.05) is 6.07 Å². The lowest BCUT2D eigenvalue weighted by molar-refractivity contribution is 0.126. The van der Waals surface area contributed by atoms with Gasteiger partial charge in [-0.25, -0.2) is 4.98 Å². The summed E-state index contributed by atoms with van der Waals surface area (Å²) in [6.45, 7) is 3.79. The minimum absolute atomic E-state index is 0.0646. The number of aromatic nitrogens is 1. The Morgan fingerprint density at radius 1 is 1.62 bits per heavy atom. The molecule has 3 rings (SSSR count). The first-order valence-electron chi connectivity index (χ1n) is 5.48. The van der Waals surface area contributed by atoms with Gasteiger partial charge >= 0.3 is 0 Å². The van der Waals surface area contributed by atoms with Gasteiger partial charge in [-0.3, -0.25) is 5.32 Å². The van der Waals surface area contributed by atoms with Crippen LogP contribution in [0.2, 0.25) is 5.02 Å². The van der Waals surface area contributed by atoms with Gasteiger partial charge in [0, 0.05) is 31.4 Å². The summed E-state index contributed by atoms with van der Waals surface area (Å²) >= 11 is 6.01. The second kappa shape index (κ2) is 3.58. The Morgan fingerprint density at radius 2 is 2.50 bits per heavy atom. The molecular formula is C11H14ClN3O. The lowest BCUT2D eigenvalue weighted by atomic mass is 9.84. The van der Waals surface area contributed by atoms with Crippen LogP contribution in [0, 0.1) is 0 Å². The average Bonchev–Trinajstić information content (AvgIpc) is 2.69. The maximum Gasteiger partial charge on any atom is 0.218 e. The molecule has 2 atom stereocenters. The van der Waals surface area contributed by atoms with E-state index < -0.39 is 0 Å². The monoisotopic (exact) mass is 239 g/mol. The number of nitrogens with zero attached hydrogens (tertiary/aromatic N) is 1. The van der Waals surface area contributed by atoms with Crippen LogP contribution in [0.1, 0.15) is 18.9 Å². The summed E-state index contributed by atoms with van der Waals surface area (Å²) in [5.41, 5.74) is 1.01. The highest BCUT2D eigenvalue weighted by atomic mass is 35.5. The highest BCUT2D eigenvalue weighted by molar-refractivity contribution is 6.30. The molecule has 0 aliphatic carbocycles. The van der Waals surface area contributed by atoms with Crippen molar-refractivity contribution in [2.75, 3.05) is 13.2 Å². The van der Waals surface area contributed by atoms with Crippen LogP contribution in [0.5, 0.6) is 5.88 Å². The van der Waals surface area contributed by atoms with Gasteiger partial charge in [-0.1, -0.05) is 11.6 Å². The van der Waals surface area contributed by atoms with Crippen LogP contribution >= 0.6 is 11.6 Å². The highest BCUT2D eigenvalue weighted by Crippen LogP contribution is 2.39. The van der Waals surface area contributed by atoms with Crippen LogP contribution in [-0.4, -0.2) is 24.3 Å². The number of ether oxygens (including phenoxy) is 1. The summed E-state index contributed by atoms with van der Waals surface area (Å²) in [6, 6.07) is 1.95. The van der Waals surface area contributed by atoms with E-state index in [0.29, 0.717) is 10.9 Å². The fraction of sp³-hybridized carbons (Fsp3) is 0.545. The highest BCUT2D eigenvalue weighted by Gasteiger charge is 2.43. The van der Waals surface area contributed by atoms with E-state index in [0.717, 1.165) is 25.2 Å². The Morgan fingerprint density at radius 3 is 3.25 bits per heavy atom. The van der Waals surface area contributed by atoms with E-state index >= 15 is 0 Å². The molecule has 3 heterocycles. The first-order valence-corrected chi connectivity index (χ1v) is 5.86. The van der Waals surface area contributed by atoms with Crippen LogP contribution in [0.25, 0.3) is 0 Å². The van der Waals surface area contributed by atoms with Crippen LogP contribution in [-0.2, 0) is 5.54 Å². The Bertz CT molecular complexity index is 418. The third-order valence-electron chi connectivity index (χ3n) is 3.26. The van der Waals surface area contributed by atoms with Crippen molar-refractivity contribution < 1.29 is 4.74 Å². The number of hydrogen-bond acceptors (Lipinski definition) is 4. The molecule has 1 aromatic rings. The standard InChI is InChI=1S/C11H14ClN3O/c1-7-3-11(5-13-6-15-11)9-2-8(12)4-14-10(9)16-7/h2,4,7,13,15H,3,5-6H2,1H3/t7-,11-/m0/s1. The molecular weight excluding hydrogens is 226 g/mol. The summed E-state index contributed by atoms with van der Waals surface area (Å²) in [6.07, 6.45) is 2.75. The van der Waals surface area contributed by atoms with Gasteiger partial charge in [0.15, 0.2) is 0 Å². The minimum atomic E-state index is -0.0646. The SMILES string of the molecule is C[C@H]1C[C@]2(CNCN2)c2cc(Cl)cnc2O1. The molecule has 0 bridgehead atoms. The molecule has 16 heavy (non-hydrogen) atoms. The van der Waals surface area contributed by atoms with Crippen molar-refractivity contribution in [2.45, 2.75) is 25.0 Å². The third-order valence-corrected chi connectivity index (χ3v) is 3.47. The lowest BCUT2D eigenvalue weighted by Gasteiger charge is -2.37. The fourth-order valence-corrected chi connectivity index (χ4v) is 2.76. The van der Waals surface area contributed by atoms with Gasteiger partial charge in [0.05, 0.1) is 16.7 Å². The number of nitrogens with one attached hydrogen (secondary N) is 2. The molecule has 5 heteroatoms. The zero-order valence-corrected chi connectivity index (χ0v) is 9.84. The number of halogens is 1. The van der Waals surface area contributed by atoms with E-state index in [2.05, 4.69) is 22.5 Å². The average molecular weight is 240 g/mol. The molecule has 2 aliphatic rings. The van der Waals surface area contributed by atoms with E-state index in [9.17, 15) is 0 Å². The normalized spacial score (nSPS) is 32.5. The van der Waals surface area contributed by atoms with Crippen molar-refractivity contribution in [2.24, 2.45) is 0 Å². The van der Waals surface area contributed by atoms with Gasteiger partial charge in [0.1, 0.15) is 0 Å². The predicted octanol–water partition coefficient (Wildman–Crippen LogP) is 1.25. The molecule has 0 amide bonds. The van der Waals surface area contributed by atoms with Crippen molar-refractivity contribution >= 4 is 11.6 Å². The van der Waals surface area contributed by atoms with Crippen molar-refractivity contribution in [3.8, 4) is 5.88 Å². The third kappa shape index (κ3) is 1.49. The molecule has 2 N–H and O–H groups in total. The van der Waals surface area contributed by atoms with Crippen molar-refractivity contribution in [1.29, 1.82) is 0 Å². The van der Waals surface area contributed by atoms with Gasteiger partial charge in [0.25, 0.3) is 0 Å². The smallest absolute Gasteiger partial charge is 0.218 e. The summed E-state index contributed by atoms with van der Waals surface area (Å²) < 4.78 is 5.74. The largest absolute Gasteiger partial charge is 0.474 e. The van der Waals surface area contributed by atoms with Crippen LogP contribution in [0.15, 0.2) is 12.3 Å². The first-order chi connectivity index (χ1) is 7.70. The van der Waals surface area contributed by atoms with Crippen molar-refractivity contribution in [1.82, 2.24) is 15.6 Å². The van der Waals surface area contributed by atoms with Gasteiger partial charge in [-0.15, -0.1) is 0 Å². The quantitative estimate of drug-likeness (QED) is 0.716. The molecule has 2 aliphatic heterocycles. The fourth-order valence-electron chi connectivity index (χ4n) is 2.60. The first kappa shape index (κ1) is 10.3. The molecule has 0 aromatic carbocycles. The lowest BCUT2D eigenvalue weighted by Crippen LogP contribution is -2.46. The molecule has 86 valence electrons. The predicted molar refractivity (Wildman–Crippen MR) is 61.6 cm³/mol. The van der Waals surface area contributed by atoms with Gasteiger partial charge in [-0.05, 0) is 13.0 Å². The Kier molecular flexibility index (Phi) is 2.31. The summed E-state index contributed by atoms with van der Waals surface area (Å²) in [5, 5.41) is 7.48. The van der Waals surface area contributed by atoms with E-state index in [1.165, 1.54) is 0 Å².